The summed E-state index contributed by atoms with van der Waals surface area (Å²) in [7, 11) is 0. The standard InChI is InChI=1S/C10H9BrClNO2/c1-6(14)4-10(15)13-9-3-2-7(12)5-8(9)11/h2-3,5H,4H2,1H3,(H,13,15). The molecule has 0 saturated carbocycles. The van der Waals surface area contributed by atoms with Crippen molar-refractivity contribution in [1.29, 1.82) is 0 Å². The summed E-state index contributed by atoms with van der Waals surface area (Å²) in [5, 5.41) is 3.18. The summed E-state index contributed by atoms with van der Waals surface area (Å²) in [5.74, 6) is -0.497. The fraction of sp³-hybridized carbons (Fsp3) is 0.200. The summed E-state index contributed by atoms with van der Waals surface area (Å²) in [4.78, 5) is 22.0. The highest BCUT2D eigenvalue weighted by atomic mass is 79.9. The van der Waals surface area contributed by atoms with Crippen LogP contribution in [-0.2, 0) is 9.59 Å². The number of hydrogen-bond donors (Lipinski definition) is 1. The van der Waals surface area contributed by atoms with Crippen molar-refractivity contribution in [2.75, 3.05) is 5.32 Å². The van der Waals surface area contributed by atoms with E-state index in [4.69, 9.17) is 11.6 Å². The number of hydrogen-bond acceptors (Lipinski definition) is 2. The van der Waals surface area contributed by atoms with Gasteiger partial charge in [-0.2, -0.15) is 0 Å². The van der Waals surface area contributed by atoms with Gasteiger partial charge >= 0.3 is 0 Å². The van der Waals surface area contributed by atoms with Crippen LogP contribution in [0.25, 0.3) is 0 Å². The minimum atomic E-state index is -0.328. The number of anilines is 1. The molecule has 1 aromatic rings. The van der Waals surface area contributed by atoms with Crippen molar-refractivity contribution in [3.63, 3.8) is 0 Å². The highest BCUT2D eigenvalue weighted by molar-refractivity contribution is 9.10. The van der Waals surface area contributed by atoms with E-state index in [0.29, 0.717) is 15.2 Å². The van der Waals surface area contributed by atoms with E-state index in [-0.39, 0.29) is 18.1 Å². The first-order valence-electron chi connectivity index (χ1n) is 4.23. The molecule has 0 unspecified atom stereocenters. The van der Waals surface area contributed by atoms with Crippen molar-refractivity contribution >= 4 is 44.9 Å². The third-order valence-electron chi connectivity index (χ3n) is 1.61. The molecule has 0 aliphatic heterocycles. The number of carbonyl (C=O) groups excluding carboxylic acids is 2. The zero-order chi connectivity index (χ0) is 11.4. The van der Waals surface area contributed by atoms with Crippen molar-refractivity contribution in [1.82, 2.24) is 0 Å². The van der Waals surface area contributed by atoms with Crippen LogP contribution in [0.1, 0.15) is 13.3 Å². The molecular formula is C10H9BrClNO2. The molecule has 1 amide bonds. The molecule has 3 nitrogen and oxygen atoms in total. The number of nitrogens with one attached hydrogen (secondary N) is 1. The lowest BCUT2D eigenvalue weighted by Crippen LogP contribution is -2.14. The third-order valence-corrected chi connectivity index (χ3v) is 2.51. The Bertz CT molecular complexity index is 406. The van der Waals surface area contributed by atoms with Crippen molar-refractivity contribution in [2.24, 2.45) is 0 Å². The van der Waals surface area contributed by atoms with Crippen LogP contribution in [0.4, 0.5) is 5.69 Å². The zero-order valence-electron chi connectivity index (χ0n) is 8.01. The van der Waals surface area contributed by atoms with Gasteiger partial charge in [-0.25, -0.2) is 0 Å². The maximum absolute atomic E-state index is 11.3. The minimum Gasteiger partial charge on any atom is -0.325 e. The van der Waals surface area contributed by atoms with E-state index in [1.54, 1.807) is 18.2 Å². The maximum atomic E-state index is 11.3. The molecule has 0 bridgehead atoms. The van der Waals surface area contributed by atoms with Crippen LogP contribution in [0, 0.1) is 0 Å². The number of benzene rings is 1. The van der Waals surface area contributed by atoms with Crippen molar-refractivity contribution in [3.05, 3.63) is 27.7 Å². The molecule has 0 aromatic heterocycles. The van der Waals surface area contributed by atoms with E-state index >= 15 is 0 Å². The summed E-state index contributed by atoms with van der Waals surface area (Å²) in [6.07, 6.45) is -0.116. The predicted molar refractivity (Wildman–Crippen MR) is 63.1 cm³/mol. The molecule has 0 aliphatic rings. The lowest BCUT2D eigenvalue weighted by Gasteiger charge is -2.06. The van der Waals surface area contributed by atoms with Crippen molar-refractivity contribution < 1.29 is 9.59 Å². The van der Waals surface area contributed by atoms with E-state index in [1.807, 2.05) is 0 Å². The Morgan fingerprint density at radius 3 is 2.67 bits per heavy atom. The monoisotopic (exact) mass is 289 g/mol. The van der Waals surface area contributed by atoms with Crippen molar-refractivity contribution in [3.8, 4) is 0 Å². The molecule has 0 radical (unpaired) electrons. The number of ketones is 1. The molecule has 0 atom stereocenters. The second-order valence-corrected chi connectivity index (χ2v) is 4.34. The van der Waals surface area contributed by atoms with Crippen LogP contribution in [-0.4, -0.2) is 11.7 Å². The summed E-state index contributed by atoms with van der Waals surface area (Å²) < 4.78 is 0.687. The number of halogens is 2. The lowest BCUT2D eigenvalue weighted by atomic mass is 10.2. The molecular weight excluding hydrogens is 281 g/mol. The Morgan fingerprint density at radius 1 is 1.47 bits per heavy atom. The van der Waals surface area contributed by atoms with Crippen LogP contribution < -0.4 is 5.32 Å². The highest BCUT2D eigenvalue weighted by Gasteiger charge is 2.07. The fourth-order valence-corrected chi connectivity index (χ4v) is 1.79. The van der Waals surface area contributed by atoms with E-state index in [1.165, 1.54) is 6.92 Å². The van der Waals surface area contributed by atoms with Gasteiger partial charge in [-0.1, -0.05) is 11.6 Å². The van der Waals surface area contributed by atoms with Crippen LogP contribution in [0.5, 0.6) is 0 Å². The van der Waals surface area contributed by atoms with E-state index in [2.05, 4.69) is 21.2 Å². The van der Waals surface area contributed by atoms with Gasteiger partial charge < -0.3 is 5.32 Å². The number of Topliss-reactive ketones (excluding diaryl/α,β-unsaturated/α-hetero) is 1. The van der Waals surface area contributed by atoms with Gasteiger partial charge in [0.05, 0.1) is 12.1 Å². The molecule has 0 fully saturated rings. The first kappa shape index (κ1) is 12.2. The van der Waals surface area contributed by atoms with Crippen LogP contribution in [0.2, 0.25) is 5.02 Å². The van der Waals surface area contributed by atoms with Gasteiger partial charge in [0.25, 0.3) is 0 Å². The molecule has 0 heterocycles. The van der Waals surface area contributed by atoms with Crippen LogP contribution in [0.3, 0.4) is 0 Å². The summed E-state index contributed by atoms with van der Waals surface area (Å²) in [6, 6.07) is 5.01. The van der Waals surface area contributed by atoms with Gasteiger partial charge in [-0.3, -0.25) is 9.59 Å². The molecule has 1 aromatic carbocycles. The minimum absolute atomic E-state index is 0.116. The smallest absolute Gasteiger partial charge is 0.231 e. The van der Waals surface area contributed by atoms with E-state index in [9.17, 15) is 9.59 Å². The Balaban J connectivity index is 2.72. The van der Waals surface area contributed by atoms with Gasteiger partial charge in [-0.15, -0.1) is 0 Å². The van der Waals surface area contributed by atoms with Gasteiger partial charge in [0.1, 0.15) is 5.78 Å². The normalized spacial score (nSPS) is 9.80. The van der Waals surface area contributed by atoms with E-state index < -0.39 is 0 Å². The quantitative estimate of drug-likeness (QED) is 0.870. The second kappa shape index (κ2) is 5.28. The molecule has 1 N–H and O–H groups in total. The number of rotatable bonds is 3. The van der Waals surface area contributed by atoms with Gasteiger partial charge in [0, 0.05) is 9.50 Å². The Labute approximate surface area is 101 Å². The Hall–Kier alpha value is -0.870. The average Bonchev–Trinajstić information content (AvgIpc) is 2.08. The number of amides is 1. The topological polar surface area (TPSA) is 46.2 Å². The fourth-order valence-electron chi connectivity index (χ4n) is 1.01. The SMILES string of the molecule is CC(=O)CC(=O)Nc1ccc(Cl)cc1Br. The van der Waals surface area contributed by atoms with Crippen LogP contribution >= 0.6 is 27.5 Å². The molecule has 0 aliphatic carbocycles. The highest BCUT2D eigenvalue weighted by Crippen LogP contribution is 2.25. The Kier molecular flexibility index (Phi) is 4.29. The largest absolute Gasteiger partial charge is 0.325 e. The molecule has 80 valence electrons. The number of carbonyl (C=O) groups is 2. The first-order valence-corrected chi connectivity index (χ1v) is 5.40. The molecule has 15 heavy (non-hydrogen) atoms. The molecule has 5 heteroatoms. The van der Waals surface area contributed by atoms with Gasteiger partial charge in [-0.05, 0) is 41.1 Å². The molecule has 1 rings (SSSR count). The predicted octanol–water partition coefficient (Wildman–Crippen LogP) is 3.02. The van der Waals surface area contributed by atoms with Gasteiger partial charge in [0.15, 0.2) is 0 Å². The van der Waals surface area contributed by atoms with Gasteiger partial charge in [0.2, 0.25) is 5.91 Å². The zero-order valence-corrected chi connectivity index (χ0v) is 10.4. The summed E-state index contributed by atoms with van der Waals surface area (Å²) in [6.45, 7) is 1.37. The lowest BCUT2D eigenvalue weighted by molar-refractivity contribution is -0.124. The molecule has 0 saturated heterocycles. The Morgan fingerprint density at radius 2 is 2.13 bits per heavy atom. The maximum Gasteiger partial charge on any atom is 0.231 e. The first-order chi connectivity index (χ1) is 6.99. The van der Waals surface area contributed by atoms with Crippen LogP contribution in [0.15, 0.2) is 22.7 Å². The van der Waals surface area contributed by atoms with E-state index in [0.717, 1.165) is 0 Å². The van der Waals surface area contributed by atoms with Crippen molar-refractivity contribution in [2.45, 2.75) is 13.3 Å². The summed E-state index contributed by atoms with van der Waals surface area (Å²) >= 11 is 9.00. The molecule has 0 spiro atoms. The summed E-state index contributed by atoms with van der Waals surface area (Å²) in [5.41, 5.74) is 0.602. The third kappa shape index (κ3) is 4.01. The average molecular weight is 291 g/mol. The second-order valence-electron chi connectivity index (χ2n) is 3.05.